The lowest BCUT2D eigenvalue weighted by atomic mass is 9.92. The van der Waals surface area contributed by atoms with Gasteiger partial charge in [-0.25, -0.2) is 0 Å². The van der Waals surface area contributed by atoms with Crippen molar-refractivity contribution in [3.05, 3.63) is 90.0 Å². The quantitative estimate of drug-likeness (QED) is 0.691. The summed E-state index contributed by atoms with van der Waals surface area (Å²) in [7, 11) is 0. The first-order valence-corrected chi connectivity index (χ1v) is 8.25. The molecule has 0 radical (unpaired) electrons. The van der Waals surface area contributed by atoms with E-state index in [1.54, 1.807) is 0 Å². The summed E-state index contributed by atoms with van der Waals surface area (Å²) in [5.41, 5.74) is 4.62. The Morgan fingerprint density at radius 1 is 0.833 bits per heavy atom. The highest BCUT2D eigenvalue weighted by Gasteiger charge is 2.10. The van der Waals surface area contributed by atoms with Crippen LogP contribution in [0.4, 0.5) is 0 Å². The maximum absolute atomic E-state index is 9.46. The molecule has 0 bridgehead atoms. The molecule has 1 unspecified atom stereocenters. The van der Waals surface area contributed by atoms with Gasteiger partial charge in [0.1, 0.15) is 12.4 Å². The van der Waals surface area contributed by atoms with Crippen LogP contribution in [0.1, 0.15) is 24.0 Å². The Hall–Kier alpha value is -2.58. The van der Waals surface area contributed by atoms with Crippen molar-refractivity contribution in [2.75, 3.05) is 6.61 Å². The first kappa shape index (κ1) is 16.3. The van der Waals surface area contributed by atoms with E-state index in [9.17, 15) is 5.11 Å². The fraction of sp³-hybridized carbons (Fsp3) is 0.182. The van der Waals surface area contributed by atoms with Crippen molar-refractivity contribution in [1.82, 2.24) is 0 Å². The van der Waals surface area contributed by atoms with Gasteiger partial charge in [0.2, 0.25) is 0 Å². The molecule has 0 fully saturated rings. The SMILES string of the molecule is CC(CO)c1ccccc1-c1ccc(OCc2ccccc2)cc1. The Kier molecular flexibility index (Phi) is 5.29. The topological polar surface area (TPSA) is 29.5 Å². The number of hydrogen-bond donors (Lipinski definition) is 1. The number of ether oxygens (including phenoxy) is 1. The third kappa shape index (κ3) is 3.84. The van der Waals surface area contributed by atoms with Gasteiger partial charge in [0, 0.05) is 12.5 Å². The average molecular weight is 318 g/mol. The predicted molar refractivity (Wildman–Crippen MR) is 98.2 cm³/mol. The van der Waals surface area contributed by atoms with Crippen molar-refractivity contribution < 1.29 is 9.84 Å². The second-order valence-corrected chi connectivity index (χ2v) is 5.97. The van der Waals surface area contributed by atoms with Crippen LogP contribution in [0.2, 0.25) is 0 Å². The van der Waals surface area contributed by atoms with Gasteiger partial charge in [0.25, 0.3) is 0 Å². The average Bonchev–Trinajstić information content (AvgIpc) is 2.67. The van der Waals surface area contributed by atoms with E-state index in [2.05, 4.69) is 36.4 Å². The van der Waals surface area contributed by atoms with Gasteiger partial charge in [-0.05, 0) is 34.4 Å². The molecule has 0 spiro atoms. The largest absolute Gasteiger partial charge is 0.489 e. The van der Waals surface area contributed by atoms with Crippen LogP contribution in [0.5, 0.6) is 5.75 Å². The first-order valence-electron chi connectivity index (χ1n) is 8.25. The normalized spacial score (nSPS) is 11.9. The zero-order valence-corrected chi connectivity index (χ0v) is 13.9. The van der Waals surface area contributed by atoms with Gasteiger partial charge in [-0.3, -0.25) is 0 Å². The molecule has 1 atom stereocenters. The van der Waals surface area contributed by atoms with Gasteiger partial charge in [0.15, 0.2) is 0 Å². The molecular formula is C22H22O2. The fourth-order valence-corrected chi connectivity index (χ4v) is 2.76. The molecule has 24 heavy (non-hydrogen) atoms. The summed E-state index contributed by atoms with van der Waals surface area (Å²) >= 11 is 0. The monoisotopic (exact) mass is 318 g/mol. The maximum Gasteiger partial charge on any atom is 0.119 e. The molecule has 0 amide bonds. The van der Waals surface area contributed by atoms with Gasteiger partial charge < -0.3 is 9.84 Å². The maximum atomic E-state index is 9.46. The molecule has 3 aromatic rings. The Balaban J connectivity index is 1.75. The van der Waals surface area contributed by atoms with Crippen LogP contribution in [0.3, 0.4) is 0 Å². The van der Waals surface area contributed by atoms with Crippen molar-refractivity contribution in [3.63, 3.8) is 0 Å². The summed E-state index contributed by atoms with van der Waals surface area (Å²) in [6.45, 7) is 2.75. The minimum absolute atomic E-state index is 0.121. The molecule has 0 saturated carbocycles. The minimum atomic E-state index is 0.121. The summed E-state index contributed by atoms with van der Waals surface area (Å²) in [6.07, 6.45) is 0. The fourth-order valence-electron chi connectivity index (χ4n) is 2.76. The van der Waals surface area contributed by atoms with Crippen molar-refractivity contribution in [2.45, 2.75) is 19.4 Å². The number of aliphatic hydroxyl groups is 1. The van der Waals surface area contributed by atoms with Crippen molar-refractivity contribution in [1.29, 1.82) is 0 Å². The summed E-state index contributed by atoms with van der Waals surface area (Å²) < 4.78 is 5.84. The van der Waals surface area contributed by atoms with Gasteiger partial charge in [-0.2, -0.15) is 0 Å². The lowest BCUT2D eigenvalue weighted by Crippen LogP contribution is -2.01. The van der Waals surface area contributed by atoms with Crippen LogP contribution in [0.25, 0.3) is 11.1 Å². The van der Waals surface area contributed by atoms with Crippen LogP contribution in [-0.4, -0.2) is 11.7 Å². The van der Waals surface area contributed by atoms with E-state index in [-0.39, 0.29) is 12.5 Å². The molecule has 0 aliphatic heterocycles. The van der Waals surface area contributed by atoms with E-state index >= 15 is 0 Å². The number of rotatable bonds is 6. The number of benzene rings is 3. The number of aliphatic hydroxyl groups excluding tert-OH is 1. The smallest absolute Gasteiger partial charge is 0.119 e. The van der Waals surface area contributed by atoms with Crippen molar-refractivity contribution >= 4 is 0 Å². The van der Waals surface area contributed by atoms with Crippen molar-refractivity contribution in [2.24, 2.45) is 0 Å². The van der Waals surface area contributed by atoms with Gasteiger partial charge in [-0.15, -0.1) is 0 Å². The second kappa shape index (κ2) is 7.80. The van der Waals surface area contributed by atoms with Crippen LogP contribution < -0.4 is 4.74 Å². The lowest BCUT2D eigenvalue weighted by molar-refractivity contribution is 0.273. The summed E-state index contributed by atoms with van der Waals surface area (Å²) in [6, 6.07) is 26.5. The molecule has 3 rings (SSSR count). The number of hydrogen-bond acceptors (Lipinski definition) is 2. The molecule has 1 N–H and O–H groups in total. The van der Waals surface area contributed by atoms with Crippen LogP contribution in [0.15, 0.2) is 78.9 Å². The lowest BCUT2D eigenvalue weighted by Gasteiger charge is -2.15. The van der Waals surface area contributed by atoms with E-state index in [1.807, 2.05) is 49.4 Å². The Morgan fingerprint density at radius 2 is 1.50 bits per heavy atom. The Morgan fingerprint density at radius 3 is 2.21 bits per heavy atom. The second-order valence-electron chi connectivity index (χ2n) is 5.97. The van der Waals surface area contributed by atoms with Crippen molar-refractivity contribution in [3.8, 4) is 16.9 Å². The van der Waals surface area contributed by atoms with Gasteiger partial charge >= 0.3 is 0 Å². The molecule has 0 aliphatic rings. The zero-order valence-electron chi connectivity index (χ0n) is 13.9. The molecule has 0 heterocycles. The summed E-state index contributed by atoms with van der Waals surface area (Å²) in [4.78, 5) is 0. The summed E-state index contributed by atoms with van der Waals surface area (Å²) in [5, 5.41) is 9.46. The predicted octanol–water partition coefficient (Wildman–Crippen LogP) is 5.03. The van der Waals surface area contributed by atoms with E-state index in [4.69, 9.17) is 4.74 Å². The highest BCUT2D eigenvalue weighted by atomic mass is 16.5. The van der Waals surface area contributed by atoms with E-state index in [0.717, 1.165) is 28.0 Å². The minimum Gasteiger partial charge on any atom is -0.489 e. The van der Waals surface area contributed by atoms with Crippen LogP contribution in [0, 0.1) is 0 Å². The van der Waals surface area contributed by atoms with E-state index < -0.39 is 0 Å². The molecule has 0 aliphatic carbocycles. The molecular weight excluding hydrogens is 296 g/mol. The Bertz CT molecular complexity index is 763. The zero-order chi connectivity index (χ0) is 16.8. The van der Waals surface area contributed by atoms with E-state index in [1.165, 1.54) is 0 Å². The molecule has 3 aromatic carbocycles. The molecule has 122 valence electrons. The first-order chi connectivity index (χ1) is 11.8. The standard InChI is InChI=1S/C22H22O2/c1-17(15-23)21-9-5-6-10-22(21)19-11-13-20(14-12-19)24-16-18-7-3-2-4-8-18/h2-14,17,23H,15-16H2,1H3. The third-order valence-electron chi connectivity index (χ3n) is 4.18. The Labute approximate surface area is 143 Å². The molecule has 0 aromatic heterocycles. The van der Waals surface area contributed by atoms with Gasteiger partial charge in [0.05, 0.1) is 0 Å². The highest BCUT2D eigenvalue weighted by Crippen LogP contribution is 2.30. The van der Waals surface area contributed by atoms with E-state index in [0.29, 0.717) is 6.61 Å². The third-order valence-corrected chi connectivity index (χ3v) is 4.18. The van der Waals surface area contributed by atoms with Crippen LogP contribution >= 0.6 is 0 Å². The molecule has 0 saturated heterocycles. The molecule has 2 nitrogen and oxygen atoms in total. The van der Waals surface area contributed by atoms with Gasteiger partial charge in [-0.1, -0.05) is 73.7 Å². The highest BCUT2D eigenvalue weighted by molar-refractivity contribution is 5.68. The van der Waals surface area contributed by atoms with Crippen LogP contribution in [-0.2, 0) is 6.61 Å². The summed E-state index contributed by atoms with van der Waals surface area (Å²) in [5.74, 6) is 0.977. The molecule has 2 heteroatoms.